The zero-order chi connectivity index (χ0) is 12.3. The van der Waals surface area contributed by atoms with Gasteiger partial charge in [-0.05, 0) is 31.9 Å². The van der Waals surface area contributed by atoms with Crippen LogP contribution in [0.1, 0.15) is 49.5 Å². The summed E-state index contributed by atoms with van der Waals surface area (Å²) in [5.74, 6) is -0.160. The molecule has 0 bridgehead atoms. The highest BCUT2D eigenvalue weighted by atomic mass is 16.2. The minimum atomic E-state index is -0.160. The molecule has 1 aromatic heterocycles. The average Bonchev–Trinajstić information content (AvgIpc) is 2.29. The summed E-state index contributed by atoms with van der Waals surface area (Å²) in [5.41, 5.74) is 6.42. The molecule has 0 aromatic carbocycles. The van der Waals surface area contributed by atoms with Crippen molar-refractivity contribution in [2.75, 3.05) is 5.73 Å². The van der Waals surface area contributed by atoms with Crippen LogP contribution in [0.3, 0.4) is 0 Å². The van der Waals surface area contributed by atoms with Gasteiger partial charge in [0.2, 0.25) is 0 Å². The third-order valence-corrected chi connectivity index (χ3v) is 3.43. The summed E-state index contributed by atoms with van der Waals surface area (Å²) in [7, 11) is 0. The summed E-state index contributed by atoms with van der Waals surface area (Å²) in [4.78, 5) is 16.1. The van der Waals surface area contributed by atoms with Crippen molar-refractivity contribution in [3.05, 3.63) is 24.0 Å². The predicted molar refractivity (Wildman–Crippen MR) is 67.6 cm³/mol. The Kier molecular flexibility index (Phi) is 3.31. The second kappa shape index (κ2) is 4.73. The monoisotopic (exact) mass is 233 g/mol. The zero-order valence-corrected chi connectivity index (χ0v) is 10.2. The number of hydrogen-bond donors (Lipinski definition) is 2. The Bertz CT molecular complexity index is 411. The van der Waals surface area contributed by atoms with E-state index in [1.807, 2.05) is 0 Å². The van der Waals surface area contributed by atoms with Gasteiger partial charge >= 0.3 is 0 Å². The average molecular weight is 233 g/mol. The zero-order valence-electron chi connectivity index (χ0n) is 10.2. The molecule has 0 saturated heterocycles. The maximum Gasteiger partial charge on any atom is 0.272 e. The van der Waals surface area contributed by atoms with E-state index >= 15 is 0 Å². The van der Waals surface area contributed by atoms with Crippen molar-refractivity contribution in [1.29, 1.82) is 0 Å². The number of nitrogens with zero attached hydrogens (tertiary/aromatic N) is 1. The molecule has 0 unspecified atom stereocenters. The molecule has 0 aliphatic heterocycles. The predicted octanol–water partition coefficient (Wildman–Crippen LogP) is 2.12. The van der Waals surface area contributed by atoms with Gasteiger partial charge in [0, 0.05) is 11.7 Å². The Morgan fingerprint density at radius 2 is 2.12 bits per heavy atom. The number of carbonyl (C=O) groups is 1. The first-order valence-corrected chi connectivity index (χ1v) is 6.14. The third-order valence-electron chi connectivity index (χ3n) is 3.43. The standard InChI is InChI=1S/C13H19N3O/c1-13(7-3-2-4-8-13)16-12(17)11-10(14)6-5-9-15-11/h5-6,9H,2-4,7-8,14H2,1H3,(H,16,17). The van der Waals surface area contributed by atoms with E-state index in [-0.39, 0.29) is 11.4 Å². The lowest BCUT2D eigenvalue weighted by Crippen LogP contribution is -2.47. The van der Waals surface area contributed by atoms with E-state index in [2.05, 4.69) is 17.2 Å². The molecule has 4 heteroatoms. The van der Waals surface area contributed by atoms with Crippen LogP contribution in [0.4, 0.5) is 5.69 Å². The SMILES string of the molecule is CC1(NC(=O)c2ncccc2N)CCCCC1. The summed E-state index contributed by atoms with van der Waals surface area (Å²) < 4.78 is 0. The minimum absolute atomic E-state index is 0.0979. The van der Waals surface area contributed by atoms with Crippen LogP contribution < -0.4 is 11.1 Å². The largest absolute Gasteiger partial charge is 0.397 e. The van der Waals surface area contributed by atoms with Crippen LogP contribution in [0.25, 0.3) is 0 Å². The number of hydrogen-bond acceptors (Lipinski definition) is 3. The Balaban J connectivity index is 2.09. The highest BCUT2D eigenvalue weighted by Crippen LogP contribution is 2.27. The maximum atomic E-state index is 12.1. The van der Waals surface area contributed by atoms with Crippen molar-refractivity contribution in [3.63, 3.8) is 0 Å². The van der Waals surface area contributed by atoms with Gasteiger partial charge in [0.1, 0.15) is 0 Å². The summed E-state index contributed by atoms with van der Waals surface area (Å²) in [6.07, 6.45) is 7.27. The topological polar surface area (TPSA) is 68.0 Å². The van der Waals surface area contributed by atoms with Crippen molar-refractivity contribution in [3.8, 4) is 0 Å². The lowest BCUT2D eigenvalue weighted by molar-refractivity contribution is 0.0878. The molecular weight excluding hydrogens is 214 g/mol. The molecule has 3 N–H and O–H groups in total. The molecule has 1 saturated carbocycles. The highest BCUT2D eigenvalue weighted by molar-refractivity contribution is 5.97. The van der Waals surface area contributed by atoms with Crippen LogP contribution in [0.5, 0.6) is 0 Å². The normalized spacial score (nSPS) is 18.6. The molecule has 0 radical (unpaired) electrons. The molecule has 1 aliphatic rings. The van der Waals surface area contributed by atoms with Gasteiger partial charge in [-0.15, -0.1) is 0 Å². The van der Waals surface area contributed by atoms with Gasteiger partial charge in [-0.2, -0.15) is 0 Å². The lowest BCUT2D eigenvalue weighted by atomic mass is 9.83. The van der Waals surface area contributed by atoms with Crippen LogP contribution >= 0.6 is 0 Å². The summed E-state index contributed by atoms with van der Waals surface area (Å²) in [6, 6.07) is 3.43. The van der Waals surface area contributed by atoms with Crippen LogP contribution in [0.15, 0.2) is 18.3 Å². The van der Waals surface area contributed by atoms with Crippen molar-refractivity contribution in [1.82, 2.24) is 10.3 Å². The second-order valence-electron chi connectivity index (χ2n) is 5.02. The van der Waals surface area contributed by atoms with Crippen molar-refractivity contribution in [2.45, 2.75) is 44.6 Å². The first-order chi connectivity index (χ1) is 8.11. The second-order valence-corrected chi connectivity index (χ2v) is 5.02. The van der Waals surface area contributed by atoms with Crippen molar-refractivity contribution >= 4 is 11.6 Å². The molecule has 1 heterocycles. The highest BCUT2D eigenvalue weighted by Gasteiger charge is 2.29. The van der Waals surface area contributed by atoms with Crippen molar-refractivity contribution < 1.29 is 4.79 Å². The fourth-order valence-electron chi connectivity index (χ4n) is 2.40. The Hall–Kier alpha value is -1.58. The number of aromatic nitrogens is 1. The third kappa shape index (κ3) is 2.75. The quantitative estimate of drug-likeness (QED) is 0.822. The molecular formula is C13H19N3O. The van der Waals surface area contributed by atoms with Crippen LogP contribution in [-0.2, 0) is 0 Å². The van der Waals surface area contributed by atoms with E-state index in [0.29, 0.717) is 11.4 Å². The van der Waals surface area contributed by atoms with E-state index in [9.17, 15) is 4.79 Å². The van der Waals surface area contributed by atoms with Gasteiger partial charge in [-0.25, -0.2) is 4.98 Å². The molecule has 1 amide bonds. The molecule has 17 heavy (non-hydrogen) atoms. The van der Waals surface area contributed by atoms with E-state index in [0.717, 1.165) is 12.8 Å². The molecule has 1 aromatic rings. The van der Waals surface area contributed by atoms with E-state index < -0.39 is 0 Å². The fraction of sp³-hybridized carbons (Fsp3) is 0.538. The first-order valence-electron chi connectivity index (χ1n) is 6.14. The summed E-state index contributed by atoms with van der Waals surface area (Å²) >= 11 is 0. The van der Waals surface area contributed by atoms with Crippen molar-refractivity contribution in [2.24, 2.45) is 0 Å². The minimum Gasteiger partial charge on any atom is -0.397 e. The molecule has 92 valence electrons. The first kappa shape index (κ1) is 11.9. The van der Waals surface area contributed by atoms with Crippen LogP contribution in [0.2, 0.25) is 0 Å². The number of anilines is 1. The lowest BCUT2D eigenvalue weighted by Gasteiger charge is -2.34. The Labute approximate surface area is 102 Å². The van der Waals surface area contributed by atoms with Gasteiger partial charge in [0.05, 0.1) is 5.69 Å². The Morgan fingerprint density at radius 3 is 2.76 bits per heavy atom. The number of rotatable bonds is 2. The number of amides is 1. The Morgan fingerprint density at radius 1 is 1.41 bits per heavy atom. The smallest absolute Gasteiger partial charge is 0.272 e. The van der Waals surface area contributed by atoms with Gasteiger partial charge in [-0.1, -0.05) is 19.3 Å². The van der Waals surface area contributed by atoms with Gasteiger partial charge in [-0.3, -0.25) is 4.79 Å². The number of nitrogens with two attached hydrogens (primary N) is 1. The van der Waals surface area contributed by atoms with Gasteiger partial charge in [0.25, 0.3) is 5.91 Å². The number of carbonyl (C=O) groups excluding carboxylic acids is 1. The molecule has 4 nitrogen and oxygen atoms in total. The number of nitrogen functional groups attached to an aromatic ring is 1. The molecule has 1 fully saturated rings. The summed E-state index contributed by atoms with van der Waals surface area (Å²) in [6.45, 7) is 2.10. The van der Waals surface area contributed by atoms with E-state index in [1.54, 1.807) is 18.3 Å². The van der Waals surface area contributed by atoms with Crippen LogP contribution in [-0.4, -0.2) is 16.4 Å². The van der Waals surface area contributed by atoms with Gasteiger partial charge < -0.3 is 11.1 Å². The van der Waals surface area contributed by atoms with E-state index in [1.165, 1.54) is 19.3 Å². The number of nitrogens with one attached hydrogen (secondary N) is 1. The molecule has 1 aliphatic carbocycles. The van der Waals surface area contributed by atoms with Gasteiger partial charge in [0.15, 0.2) is 5.69 Å². The fourth-order valence-corrected chi connectivity index (χ4v) is 2.40. The number of pyridine rings is 1. The summed E-state index contributed by atoms with van der Waals surface area (Å²) in [5, 5.41) is 3.07. The molecule has 2 rings (SSSR count). The molecule has 0 atom stereocenters. The van der Waals surface area contributed by atoms with Crippen LogP contribution in [0, 0.1) is 0 Å². The molecule has 0 spiro atoms. The maximum absolute atomic E-state index is 12.1. The van der Waals surface area contributed by atoms with E-state index in [4.69, 9.17) is 5.73 Å².